The topological polar surface area (TPSA) is 72.0 Å². The standard InChI is InChI=1S/C24H26ClN3O2S2/c1-32(30)22-10-9-17(13-19(22)25)18(12-16-6-3-2-4-7-16)24(29)28-23-15-26-20(14-27-23)21-8-5-11-31-21/h5,8-11,13-16,18H,2-4,6-7,12H2,1H3,(H,27,28,29). The van der Waals surface area contributed by atoms with E-state index < -0.39 is 10.8 Å². The lowest BCUT2D eigenvalue weighted by Crippen LogP contribution is -2.25. The predicted octanol–water partition coefficient (Wildman–Crippen LogP) is 6.29. The van der Waals surface area contributed by atoms with Crippen LogP contribution in [0.25, 0.3) is 10.6 Å². The maximum atomic E-state index is 13.4. The number of amides is 1. The summed E-state index contributed by atoms with van der Waals surface area (Å²) >= 11 is 7.99. The highest BCUT2D eigenvalue weighted by atomic mass is 35.5. The van der Waals surface area contributed by atoms with Crippen molar-refractivity contribution in [1.29, 1.82) is 0 Å². The van der Waals surface area contributed by atoms with E-state index in [1.807, 2.05) is 23.6 Å². The van der Waals surface area contributed by atoms with Gasteiger partial charge in [-0.2, -0.15) is 0 Å². The van der Waals surface area contributed by atoms with Crippen LogP contribution in [-0.2, 0) is 15.6 Å². The number of carbonyl (C=O) groups is 1. The predicted molar refractivity (Wildman–Crippen MR) is 132 cm³/mol. The van der Waals surface area contributed by atoms with Crippen molar-refractivity contribution in [3.8, 4) is 10.6 Å². The summed E-state index contributed by atoms with van der Waals surface area (Å²) in [6, 6.07) is 9.39. The van der Waals surface area contributed by atoms with Gasteiger partial charge in [-0.3, -0.25) is 9.00 Å². The second kappa shape index (κ2) is 10.7. The number of nitrogens with zero attached hydrogens (tertiary/aromatic N) is 2. The van der Waals surface area contributed by atoms with Crippen molar-refractivity contribution in [2.75, 3.05) is 11.6 Å². The molecule has 0 radical (unpaired) electrons. The molecule has 0 spiro atoms. The second-order valence-electron chi connectivity index (χ2n) is 8.19. The van der Waals surface area contributed by atoms with E-state index in [1.54, 1.807) is 42.1 Å². The fourth-order valence-corrected chi connectivity index (χ4v) is 6.07. The van der Waals surface area contributed by atoms with Gasteiger partial charge in [0.15, 0.2) is 5.82 Å². The zero-order valence-corrected chi connectivity index (χ0v) is 20.3. The van der Waals surface area contributed by atoms with E-state index in [0.29, 0.717) is 21.7 Å². The van der Waals surface area contributed by atoms with E-state index in [4.69, 9.17) is 11.6 Å². The van der Waals surface area contributed by atoms with Gasteiger partial charge >= 0.3 is 0 Å². The summed E-state index contributed by atoms with van der Waals surface area (Å²) in [5.41, 5.74) is 1.63. The minimum atomic E-state index is -1.18. The molecule has 4 rings (SSSR count). The maximum Gasteiger partial charge on any atom is 0.233 e. The fraction of sp³-hybridized carbons (Fsp3) is 0.375. The van der Waals surface area contributed by atoms with Gasteiger partial charge in [-0.15, -0.1) is 11.3 Å². The van der Waals surface area contributed by atoms with Crippen molar-refractivity contribution in [3.05, 3.63) is 58.7 Å². The number of thiophene rings is 1. The van der Waals surface area contributed by atoms with E-state index in [9.17, 15) is 9.00 Å². The van der Waals surface area contributed by atoms with Gasteiger partial charge in [0.2, 0.25) is 5.91 Å². The van der Waals surface area contributed by atoms with Gasteiger partial charge in [0.1, 0.15) is 0 Å². The van der Waals surface area contributed by atoms with Gasteiger partial charge in [-0.25, -0.2) is 9.97 Å². The molecule has 0 bridgehead atoms. The maximum absolute atomic E-state index is 13.4. The van der Waals surface area contributed by atoms with Crippen molar-refractivity contribution in [3.63, 3.8) is 0 Å². The van der Waals surface area contributed by atoms with Crippen molar-refractivity contribution in [2.24, 2.45) is 5.92 Å². The average Bonchev–Trinajstić information content (AvgIpc) is 3.33. The van der Waals surface area contributed by atoms with E-state index in [-0.39, 0.29) is 11.8 Å². The number of benzene rings is 1. The van der Waals surface area contributed by atoms with Crippen LogP contribution in [0.5, 0.6) is 0 Å². The van der Waals surface area contributed by atoms with Crippen LogP contribution in [0, 0.1) is 5.92 Å². The minimum Gasteiger partial charge on any atom is -0.309 e. The molecule has 1 aliphatic rings. The van der Waals surface area contributed by atoms with Crippen LogP contribution in [0.15, 0.2) is 53.0 Å². The molecule has 0 saturated heterocycles. The van der Waals surface area contributed by atoms with Crippen LogP contribution in [0.4, 0.5) is 5.82 Å². The summed E-state index contributed by atoms with van der Waals surface area (Å²) in [5.74, 6) is 0.468. The molecule has 5 nitrogen and oxygen atoms in total. The number of anilines is 1. The first-order chi connectivity index (χ1) is 15.5. The first-order valence-electron chi connectivity index (χ1n) is 10.8. The molecule has 8 heteroatoms. The largest absolute Gasteiger partial charge is 0.309 e. The van der Waals surface area contributed by atoms with Crippen LogP contribution in [-0.4, -0.2) is 26.3 Å². The van der Waals surface area contributed by atoms with E-state index in [1.165, 1.54) is 19.3 Å². The van der Waals surface area contributed by atoms with Gasteiger partial charge in [0, 0.05) is 6.26 Å². The monoisotopic (exact) mass is 487 g/mol. The number of halogens is 1. The number of hydrogen-bond donors (Lipinski definition) is 1. The summed E-state index contributed by atoms with van der Waals surface area (Å²) in [6.07, 6.45) is 11.6. The lowest BCUT2D eigenvalue weighted by molar-refractivity contribution is -0.118. The summed E-state index contributed by atoms with van der Waals surface area (Å²) in [4.78, 5) is 23.8. The third-order valence-corrected chi connectivity index (χ3v) is 8.25. The molecule has 168 valence electrons. The molecule has 1 fully saturated rings. The Labute approximate surface area is 200 Å². The molecule has 1 amide bonds. The average molecular weight is 488 g/mol. The summed E-state index contributed by atoms with van der Waals surface area (Å²) in [7, 11) is -1.18. The Morgan fingerprint density at radius 3 is 2.66 bits per heavy atom. The Balaban J connectivity index is 1.55. The highest BCUT2D eigenvalue weighted by Gasteiger charge is 2.27. The van der Waals surface area contributed by atoms with Crippen molar-refractivity contribution < 1.29 is 9.00 Å². The van der Waals surface area contributed by atoms with Gasteiger partial charge < -0.3 is 5.32 Å². The third kappa shape index (κ3) is 5.63. The Bertz CT molecular complexity index is 1080. The molecule has 2 heterocycles. The minimum absolute atomic E-state index is 0.116. The Morgan fingerprint density at radius 2 is 2.03 bits per heavy atom. The molecule has 1 saturated carbocycles. The SMILES string of the molecule is CS(=O)c1ccc(C(CC2CCCCC2)C(=O)Nc2cnc(-c3cccs3)cn2)cc1Cl. The number of aromatic nitrogens is 2. The number of nitrogens with one attached hydrogen (secondary N) is 1. The molecule has 1 aliphatic carbocycles. The molecule has 2 aromatic heterocycles. The summed E-state index contributed by atoms with van der Waals surface area (Å²) in [6.45, 7) is 0. The first-order valence-corrected chi connectivity index (χ1v) is 13.6. The van der Waals surface area contributed by atoms with Gasteiger partial charge in [0.25, 0.3) is 0 Å². The molecule has 1 aromatic carbocycles. The molecule has 3 aromatic rings. The van der Waals surface area contributed by atoms with Crippen LogP contribution >= 0.6 is 22.9 Å². The fourth-order valence-electron chi connectivity index (χ4n) is 4.28. The van der Waals surface area contributed by atoms with Crippen molar-refractivity contribution in [2.45, 2.75) is 49.3 Å². The van der Waals surface area contributed by atoms with Gasteiger partial charge in [-0.05, 0) is 41.5 Å². The highest BCUT2D eigenvalue weighted by molar-refractivity contribution is 7.84. The van der Waals surface area contributed by atoms with Crippen LogP contribution < -0.4 is 5.32 Å². The van der Waals surface area contributed by atoms with Gasteiger partial charge in [0.05, 0.1) is 49.6 Å². The van der Waals surface area contributed by atoms with E-state index >= 15 is 0 Å². The second-order valence-corrected chi connectivity index (χ2v) is 10.9. The third-order valence-electron chi connectivity index (χ3n) is 5.96. The molecule has 0 aliphatic heterocycles. The van der Waals surface area contributed by atoms with E-state index in [0.717, 1.165) is 35.4 Å². The summed E-state index contributed by atoms with van der Waals surface area (Å²) < 4.78 is 11.9. The molecule has 32 heavy (non-hydrogen) atoms. The highest BCUT2D eigenvalue weighted by Crippen LogP contribution is 2.35. The number of hydrogen-bond acceptors (Lipinski definition) is 5. The van der Waals surface area contributed by atoms with Crippen molar-refractivity contribution >= 4 is 45.5 Å². The van der Waals surface area contributed by atoms with Crippen LogP contribution in [0.2, 0.25) is 5.02 Å². The zero-order chi connectivity index (χ0) is 22.5. The van der Waals surface area contributed by atoms with Gasteiger partial charge in [-0.1, -0.05) is 55.8 Å². The van der Waals surface area contributed by atoms with Crippen LogP contribution in [0.3, 0.4) is 0 Å². The Kier molecular flexibility index (Phi) is 7.71. The Morgan fingerprint density at radius 1 is 1.22 bits per heavy atom. The van der Waals surface area contributed by atoms with Crippen LogP contribution in [0.1, 0.15) is 50.0 Å². The molecule has 2 unspecified atom stereocenters. The summed E-state index contributed by atoms with van der Waals surface area (Å²) in [5, 5.41) is 5.38. The lowest BCUT2D eigenvalue weighted by atomic mass is 9.80. The number of carbonyl (C=O) groups excluding carboxylic acids is 1. The molecule has 2 atom stereocenters. The lowest BCUT2D eigenvalue weighted by Gasteiger charge is -2.26. The van der Waals surface area contributed by atoms with E-state index in [2.05, 4.69) is 15.3 Å². The first kappa shape index (κ1) is 23.1. The number of rotatable bonds is 7. The normalized spacial score (nSPS) is 16.4. The molecule has 1 N–H and O–H groups in total. The Hall–Kier alpha value is -2.09. The quantitative estimate of drug-likeness (QED) is 0.425. The smallest absolute Gasteiger partial charge is 0.233 e. The molecular weight excluding hydrogens is 462 g/mol. The molecular formula is C24H26ClN3O2S2. The van der Waals surface area contributed by atoms with Crippen molar-refractivity contribution in [1.82, 2.24) is 9.97 Å². The zero-order valence-electron chi connectivity index (χ0n) is 17.9.